The second-order valence-corrected chi connectivity index (χ2v) is 15.5. The van der Waals surface area contributed by atoms with E-state index in [1.54, 1.807) is 0 Å². The first-order chi connectivity index (χ1) is 21.1. The number of hydrogen-bond acceptors (Lipinski definition) is 14. The number of nitrogens with zero attached hydrogens (tertiary/aromatic N) is 14. The third-order valence-electron chi connectivity index (χ3n) is 4.93. The predicted octanol–water partition coefficient (Wildman–Crippen LogP) is 1.16. The maximum atomic E-state index is 2.38. The molecule has 0 N–H and O–H groups in total. The zero-order valence-corrected chi connectivity index (χ0v) is 36.8. The van der Waals surface area contributed by atoms with Gasteiger partial charge in [-0.1, -0.05) is 14.9 Å². The Hall–Kier alpha value is -0.560. The Bertz CT molecular complexity index is 548. The van der Waals surface area contributed by atoms with Gasteiger partial charge in [-0.25, -0.2) is 0 Å². The largest absolute Gasteiger partial charge is 0.312 e. The van der Waals surface area contributed by atoms with Crippen LogP contribution in [0.3, 0.4) is 0 Å². The zero-order chi connectivity index (χ0) is 38.6. The third kappa shape index (κ3) is 63.0. The molecule has 14 heteroatoms. The van der Waals surface area contributed by atoms with Gasteiger partial charge in [0.2, 0.25) is 0 Å². The van der Waals surface area contributed by atoms with Gasteiger partial charge in [0.05, 0.1) is 40.0 Å². The average molecular weight is 715 g/mol. The van der Waals surface area contributed by atoms with Crippen molar-refractivity contribution in [2.75, 3.05) is 223 Å². The molecule has 0 aromatic rings. The normalized spacial score (nSPS) is 11.5. The first-order valence-electron chi connectivity index (χ1n) is 16.4. The van der Waals surface area contributed by atoms with E-state index in [1.165, 1.54) is 0 Å². The fraction of sp³-hybridized carbons (Fsp3) is 1.00. The van der Waals surface area contributed by atoms with Crippen LogP contribution in [0.2, 0.25) is 0 Å². The van der Waals surface area contributed by atoms with Gasteiger partial charge in [0.1, 0.15) is 6.29 Å². The lowest BCUT2D eigenvalue weighted by atomic mass is 10.6. The Labute approximate surface area is 312 Å². The van der Waals surface area contributed by atoms with Crippen molar-refractivity contribution in [2.45, 2.75) is 21.1 Å². The summed E-state index contributed by atoms with van der Waals surface area (Å²) < 4.78 is 0. The summed E-state index contributed by atoms with van der Waals surface area (Å²) in [5, 5.41) is 0. The lowest BCUT2D eigenvalue weighted by Crippen LogP contribution is -2.50. The van der Waals surface area contributed by atoms with Crippen molar-refractivity contribution in [2.24, 2.45) is 0 Å². The number of hydrogen-bond donors (Lipinski definition) is 0. The van der Waals surface area contributed by atoms with Gasteiger partial charge in [-0.3, -0.25) is 63.7 Å². The van der Waals surface area contributed by atoms with E-state index in [-0.39, 0.29) is 14.9 Å². The summed E-state index contributed by atoms with van der Waals surface area (Å²) in [6.45, 7) is 7.01. The van der Waals surface area contributed by atoms with Crippen molar-refractivity contribution in [1.82, 2.24) is 68.6 Å². The molecular weight excluding hydrogens is 616 g/mol. The molecular formula is C35H98N14. The van der Waals surface area contributed by atoms with Crippen molar-refractivity contribution in [3.05, 3.63) is 0 Å². The van der Waals surface area contributed by atoms with Crippen LogP contribution in [0.1, 0.15) is 14.9 Å². The summed E-state index contributed by atoms with van der Waals surface area (Å²) >= 11 is 0. The van der Waals surface area contributed by atoms with Crippen LogP contribution in [0.4, 0.5) is 0 Å². The molecule has 0 heterocycles. The summed E-state index contributed by atoms with van der Waals surface area (Å²) in [5.74, 6) is 0. The van der Waals surface area contributed by atoms with Crippen LogP contribution in [-0.2, 0) is 0 Å². The monoisotopic (exact) mass is 715 g/mol. The molecule has 308 valence electrons. The minimum Gasteiger partial charge on any atom is -0.312 e. The van der Waals surface area contributed by atoms with Gasteiger partial charge in [0.25, 0.3) is 0 Å². The molecule has 0 rings (SSSR count). The Kier molecular flexibility index (Phi) is 50.1. The van der Waals surface area contributed by atoms with Crippen molar-refractivity contribution in [3.8, 4) is 0 Å². The second-order valence-electron chi connectivity index (χ2n) is 15.5. The third-order valence-corrected chi connectivity index (χ3v) is 4.93. The van der Waals surface area contributed by atoms with Crippen LogP contribution in [0, 0.1) is 0 Å². The maximum Gasteiger partial charge on any atom is 0.118 e. The molecule has 0 aliphatic heterocycles. The van der Waals surface area contributed by atoms with Crippen molar-refractivity contribution < 1.29 is 0 Å². The lowest BCUT2D eigenvalue weighted by molar-refractivity contribution is 0.00961. The van der Waals surface area contributed by atoms with E-state index in [0.717, 1.165) is 46.7 Å². The summed E-state index contributed by atoms with van der Waals surface area (Å²) in [6.07, 6.45) is 0.389. The molecule has 49 heavy (non-hydrogen) atoms. The molecule has 0 radical (unpaired) electrons. The fourth-order valence-electron chi connectivity index (χ4n) is 4.75. The summed E-state index contributed by atoms with van der Waals surface area (Å²) in [5.41, 5.74) is 0. The van der Waals surface area contributed by atoms with E-state index in [0.29, 0.717) is 6.29 Å². The highest BCUT2D eigenvalue weighted by atomic mass is 15.5. The van der Waals surface area contributed by atoms with E-state index in [2.05, 4.69) is 219 Å². The van der Waals surface area contributed by atoms with Crippen molar-refractivity contribution >= 4 is 0 Å². The zero-order valence-electron chi connectivity index (χ0n) is 36.8. The van der Waals surface area contributed by atoms with E-state index in [4.69, 9.17) is 0 Å². The summed E-state index contributed by atoms with van der Waals surface area (Å²) in [4.78, 5) is 30.6. The highest BCUT2D eigenvalue weighted by Crippen LogP contribution is 1.98. The summed E-state index contributed by atoms with van der Waals surface area (Å²) in [6, 6.07) is 0. The van der Waals surface area contributed by atoms with Crippen LogP contribution in [-0.4, -0.2) is 298 Å². The Morgan fingerprint density at radius 3 is 0.551 bits per heavy atom. The average Bonchev–Trinajstić information content (AvgIpc) is 2.75. The highest BCUT2D eigenvalue weighted by molar-refractivity contribution is 4.58. The molecule has 0 bridgehead atoms. The van der Waals surface area contributed by atoms with E-state index in [9.17, 15) is 0 Å². The molecule has 0 aliphatic rings. The van der Waals surface area contributed by atoms with Crippen molar-refractivity contribution in [3.63, 3.8) is 0 Å². The van der Waals surface area contributed by atoms with Crippen LogP contribution in [0.15, 0.2) is 0 Å². The second kappa shape index (κ2) is 38.7. The van der Waals surface area contributed by atoms with Gasteiger partial charge in [-0.05, 0) is 176 Å². The minimum atomic E-state index is 0. The van der Waals surface area contributed by atoms with Gasteiger partial charge in [0.15, 0.2) is 0 Å². The van der Waals surface area contributed by atoms with Gasteiger partial charge in [0, 0.05) is 6.67 Å². The first kappa shape index (κ1) is 63.5. The molecule has 0 aromatic heterocycles. The minimum absolute atomic E-state index is 0. The Morgan fingerprint density at radius 2 is 0.449 bits per heavy atom. The lowest BCUT2D eigenvalue weighted by Gasteiger charge is -2.35. The van der Waals surface area contributed by atoms with Crippen molar-refractivity contribution in [1.29, 1.82) is 0 Å². The first-order valence-corrected chi connectivity index (χ1v) is 16.4. The molecule has 14 nitrogen and oxygen atoms in total. The fourth-order valence-corrected chi connectivity index (χ4v) is 4.75. The standard InChI is InChI=1S/2C9H24N4.C7H19N3.C5H14N2.C3H9N.2CH4/c1-10(2)7-12(5)9-13(6)8-11(3)4;1-10(2)7-13(8-11(3)4)9-12(5)6;1-8(2)7(9(3)4)10(5)6;1-6(2)5-7(3)4;1-4(2)3;;/h2*7-9H2,1-6H3;7H,1-6H3;5H2,1-4H3;1-3H3;2*1H4. The van der Waals surface area contributed by atoms with Gasteiger partial charge in [-0.2, -0.15) is 0 Å². The molecule has 0 fully saturated rings. The maximum absolute atomic E-state index is 2.38. The van der Waals surface area contributed by atoms with Gasteiger partial charge >= 0.3 is 0 Å². The Morgan fingerprint density at radius 1 is 0.265 bits per heavy atom. The molecule has 0 amide bonds. The molecule has 0 atom stereocenters. The Balaban J connectivity index is -0.0000000930. The SMILES string of the molecule is C.C.CN(C)C.CN(C)C(N(C)C)N(C)C.CN(C)CN(C)C.CN(C)CN(C)CN(C)CN(C)C.CN(C)CN(CN(C)C)CN(C)C. The van der Waals surface area contributed by atoms with E-state index >= 15 is 0 Å². The summed E-state index contributed by atoms with van der Waals surface area (Å²) in [7, 11) is 51.8. The molecule has 0 unspecified atom stereocenters. The quantitative estimate of drug-likeness (QED) is 0.203. The smallest absolute Gasteiger partial charge is 0.118 e. The van der Waals surface area contributed by atoms with Crippen LogP contribution in [0.25, 0.3) is 0 Å². The molecule has 0 aromatic carbocycles. The van der Waals surface area contributed by atoms with Gasteiger partial charge in [-0.15, -0.1) is 0 Å². The topological polar surface area (TPSA) is 45.4 Å². The van der Waals surface area contributed by atoms with Gasteiger partial charge < -0.3 is 4.90 Å². The highest BCUT2D eigenvalue weighted by Gasteiger charge is 2.14. The molecule has 0 saturated carbocycles. The molecule has 0 aliphatic carbocycles. The number of rotatable bonds is 17. The van der Waals surface area contributed by atoms with E-state index in [1.807, 2.05) is 26.0 Å². The van der Waals surface area contributed by atoms with Crippen LogP contribution < -0.4 is 0 Å². The van der Waals surface area contributed by atoms with Crippen LogP contribution in [0.5, 0.6) is 0 Å². The van der Waals surface area contributed by atoms with Crippen LogP contribution >= 0.6 is 0 Å². The molecule has 0 saturated heterocycles. The molecule has 0 spiro atoms. The predicted molar refractivity (Wildman–Crippen MR) is 225 cm³/mol. The van der Waals surface area contributed by atoms with E-state index < -0.39 is 0 Å².